The average molecular weight is 533 g/mol. The van der Waals surface area contributed by atoms with E-state index in [4.69, 9.17) is 4.74 Å². The molecule has 2 atom stereocenters. The van der Waals surface area contributed by atoms with Crippen molar-refractivity contribution in [2.45, 2.75) is 58.0 Å². The lowest BCUT2D eigenvalue weighted by Gasteiger charge is -2.30. The van der Waals surface area contributed by atoms with Crippen LogP contribution in [0.5, 0.6) is 0 Å². The predicted octanol–water partition coefficient (Wildman–Crippen LogP) is 3.22. The molecule has 0 radical (unpaired) electrons. The summed E-state index contributed by atoms with van der Waals surface area (Å²) in [6, 6.07) is 21.1. The number of aromatic nitrogens is 1. The smallest absolute Gasteiger partial charge is 0.408 e. The molecule has 0 aliphatic carbocycles. The largest absolute Gasteiger partial charge is 0.444 e. The summed E-state index contributed by atoms with van der Waals surface area (Å²) < 4.78 is 5.40. The van der Waals surface area contributed by atoms with E-state index >= 15 is 0 Å². The fraction of sp³-hybridized carbons (Fsp3) is 0.333. The number of benzene rings is 2. The van der Waals surface area contributed by atoms with E-state index in [2.05, 4.69) is 15.6 Å². The summed E-state index contributed by atoms with van der Waals surface area (Å²) in [6.07, 6.45) is 1.15. The third-order valence-corrected chi connectivity index (χ3v) is 5.71. The Kier molecular flexibility index (Phi) is 10.6. The predicted molar refractivity (Wildman–Crippen MR) is 147 cm³/mol. The van der Waals surface area contributed by atoms with Crippen LogP contribution in [0.4, 0.5) is 4.79 Å². The molecule has 0 unspecified atom stereocenters. The number of aliphatic hydroxyl groups is 1. The first-order valence-corrected chi connectivity index (χ1v) is 12.8. The van der Waals surface area contributed by atoms with Crippen molar-refractivity contribution in [3.63, 3.8) is 0 Å². The molecule has 3 amide bonds. The Hall–Kier alpha value is -4.24. The lowest BCUT2D eigenvalue weighted by molar-refractivity contribution is -0.139. The molecule has 0 saturated heterocycles. The molecule has 3 N–H and O–H groups in total. The van der Waals surface area contributed by atoms with Crippen molar-refractivity contribution in [2.75, 3.05) is 6.54 Å². The number of pyridine rings is 1. The number of ether oxygens (including phenoxy) is 1. The zero-order valence-corrected chi connectivity index (χ0v) is 22.5. The molecule has 39 heavy (non-hydrogen) atoms. The molecule has 0 fully saturated rings. The lowest BCUT2D eigenvalue weighted by atomic mass is 10.0. The number of alkyl carbamates (subject to hydrolysis) is 1. The lowest BCUT2D eigenvalue weighted by Crippen LogP contribution is -2.53. The number of hydrogen-bond donors (Lipinski definition) is 3. The third kappa shape index (κ3) is 10.2. The minimum atomic E-state index is -1.48. The van der Waals surface area contributed by atoms with Crippen molar-refractivity contribution in [1.29, 1.82) is 0 Å². The van der Waals surface area contributed by atoms with Crippen LogP contribution in [0.2, 0.25) is 0 Å². The number of amides is 3. The van der Waals surface area contributed by atoms with E-state index in [1.807, 2.05) is 60.7 Å². The Morgan fingerprint density at radius 3 is 2.08 bits per heavy atom. The van der Waals surface area contributed by atoms with E-state index in [-0.39, 0.29) is 26.1 Å². The summed E-state index contributed by atoms with van der Waals surface area (Å²) >= 11 is 0. The molecule has 1 heterocycles. The van der Waals surface area contributed by atoms with Crippen molar-refractivity contribution >= 4 is 17.9 Å². The van der Waals surface area contributed by atoms with Gasteiger partial charge in [-0.3, -0.25) is 14.6 Å². The second kappa shape index (κ2) is 14.1. The topological polar surface area (TPSA) is 121 Å². The number of nitrogens with one attached hydrogen (secondary N) is 2. The highest BCUT2D eigenvalue weighted by Crippen LogP contribution is 2.13. The molecule has 0 bridgehead atoms. The number of carbonyl (C=O) groups excluding carboxylic acids is 3. The van der Waals surface area contributed by atoms with Crippen LogP contribution in [0, 0.1) is 0 Å². The quantitative estimate of drug-likeness (QED) is 0.349. The molecule has 3 aromatic rings. The summed E-state index contributed by atoms with van der Waals surface area (Å²) in [5, 5.41) is 16.2. The Bertz CT molecular complexity index is 1200. The van der Waals surface area contributed by atoms with Crippen molar-refractivity contribution in [2.24, 2.45) is 0 Å². The SMILES string of the molecule is CC(C)(C)OC(=O)N[C@@H](Cc1ccncc1)C(=O)N(Cc1ccccc1)C[C@H](O)C(=O)NCc1ccccc1. The van der Waals surface area contributed by atoms with Gasteiger partial charge < -0.3 is 25.4 Å². The highest BCUT2D eigenvalue weighted by Gasteiger charge is 2.31. The van der Waals surface area contributed by atoms with E-state index in [1.165, 1.54) is 4.90 Å². The summed E-state index contributed by atoms with van der Waals surface area (Å²) in [5.74, 6) is -1.06. The molecule has 206 valence electrons. The zero-order chi connectivity index (χ0) is 28.3. The molecule has 3 rings (SSSR count). The Labute approximate surface area is 229 Å². The normalized spacial score (nSPS) is 12.6. The minimum Gasteiger partial charge on any atom is -0.444 e. The van der Waals surface area contributed by atoms with Gasteiger partial charge in [-0.25, -0.2) is 4.79 Å². The van der Waals surface area contributed by atoms with Gasteiger partial charge in [-0.1, -0.05) is 60.7 Å². The standard InChI is InChI=1S/C30H36N4O5/c1-30(2,3)39-29(38)33-25(18-22-14-16-31-17-15-22)28(37)34(20-24-12-8-5-9-13-24)21-26(35)27(36)32-19-23-10-6-4-7-11-23/h4-17,25-26,35H,18-21H2,1-3H3,(H,32,36)(H,33,38)/t25-,26-/m0/s1. The van der Waals surface area contributed by atoms with Crippen molar-refractivity contribution in [3.8, 4) is 0 Å². The molecular formula is C30H36N4O5. The van der Waals surface area contributed by atoms with Gasteiger partial charge in [0, 0.05) is 31.9 Å². The van der Waals surface area contributed by atoms with Gasteiger partial charge in [-0.2, -0.15) is 0 Å². The van der Waals surface area contributed by atoms with Crippen LogP contribution in [-0.4, -0.2) is 57.2 Å². The first kappa shape index (κ1) is 29.3. The Balaban J connectivity index is 1.80. The van der Waals surface area contributed by atoms with E-state index < -0.39 is 35.7 Å². The van der Waals surface area contributed by atoms with Crippen molar-refractivity contribution < 1.29 is 24.2 Å². The zero-order valence-electron chi connectivity index (χ0n) is 22.5. The van der Waals surface area contributed by atoms with Gasteiger partial charge in [0.25, 0.3) is 5.91 Å². The van der Waals surface area contributed by atoms with Crippen LogP contribution in [0.1, 0.15) is 37.5 Å². The van der Waals surface area contributed by atoms with Gasteiger partial charge in [0.15, 0.2) is 0 Å². The summed E-state index contributed by atoms with van der Waals surface area (Å²) in [4.78, 5) is 44.7. The van der Waals surface area contributed by atoms with Crippen LogP contribution in [-0.2, 0) is 33.8 Å². The maximum absolute atomic E-state index is 13.9. The Morgan fingerprint density at radius 1 is 0.897 bits per heavy atom. The summed E-state index contributed by atoms with van der Waals surface area (Å²) in [5.41, 5.74) is 1.71. The monoisotopic (exact) mass is 532 g/mol. The molecule has 0 saturated carbocycles. The molecule has 0 aliphatic heterocycles. The summed E-state index contributed by atoms with van der Waals surface area (Å²) in [6.45, 7) is 5.31. The van der Waals surface area contributed by atoms with Crippen LogP contribution < -0.4 is 10.6 Å². The van der Waals surface area contributed by atoms with Gasteiger partial charge in [0.05, 0.1) is 6.54 Å². The maximum Gasteiger partial charge on any atom is 0.408 e. The minimum absolute atomic E-state index is 0.130. The highest BCUT2D eigenvalue weighted by atomic mass is 16.6. The highest BCUT2D eigenvalue weighted by molar-refractivity contribution is 5.87. The Morgan fingerprint density at radius 2 is 1.49 bits per heavy atom. The first-order chi connectivity index (χ1) is 18.6. The molecule has 2 aromatic carbocycles. The molecular weight excluding hydrogens is 496 g/mol. The van der Waals surface area contributed by atoms with Crippen molar-refractivity contribution in [1.82, 2.24) is 20.5 Å². The maximum atomic E-state index is 13.9. The number of rotatable bonds is 11. The van der Waals surface area contributed by atoms with E-state index in [0.29, 0.717) is 0 Å². The number of nitrogens with zero attached hydrogens (tertiary/aromatic N) is 2. The second-order valence-corrected chi connectivity index (χ2v) is 10.2. The van der Waals surface area contributed by atoms with Crippen LogP contribution in [0.15, 0.2) is 85.2 Å². The first-order valence-electron chi connectivity index (χ1n) is 12.8. The molecule has 9 heteroatoms. The number of carbonyl (C=O) groups is 3. The molecule has 1 aromatic heterocycles. The fourth-order valence-electron chi connectivity index (χ4n) is 3.86. The van der Waals surface area contributed by atoms with Crippen LogP contribution in [0.3, 0.4) is 0 Å². The van der Waals surface area contributed by atoms with Gasteiger partial charge >= 0.3 is 6.09 Å². The number of hydrogen-bond acceptors (Lipinski definition) is 6. The van der Waals surface area contributed by atoms with Gasteiger partial charge in [-0.15, -0.1) is 0 Å². The van der Waals surface area contributed by atoms with E-state index in [9.17, 15) is 19.5 Å². The van der Waals surface area contributed by atoms with E-state index in [0.717, 1.165) is 16.7 Å². The van der Waals surface area contributed by atoms with Gasteiger partial charge in [0.1, 0.15) is 17.7 Å². The van der Waals surface area contributed by atoms with Gasteiger partial charge in [-0.05, 0) is 49.6 Å². The van der Waals surface area contributed by atoms with Crippen LogP contribution in [0.25, 0.3) is 0 Å². The van der Waals surface area contributed by atoms with E-state index in [1.54, 1.807) is 45.3 Å². The van der Waals surface area contributed by atoms with Crippen LogP contribution >= 0.6 is 0 Å². The summed E-state index contributed by atoms with van der Waals surface area (Å²) in [7, 11) is 0. The van der Waals surface area contributed by atoms with Gasteiger partial charge in [0.2, 0.25) is 5.91 Å². The molecule has 0 aliphatic rings. The average Bonchev–Trinajstić information content (AvgIpc) is 2.91. The second-order valence-electron chi connectivity index (χ2n) is 10.2. The molecule has 9 nitrogen and oxygen atoms in total. The molecule has 0 spiro atoms. The fourth-order valence-corrected chi connectivity index (χ4v) is 3.86. The third-order valence-electron chi connectivity index (χ3n) is 5.71. The van der Waals surface area contributed by atoms with Crippen molar-refractivity contribution in [3.05, 3.63) is 102 Å². The number of aliphatic hydroxyl groups excluding tert-OH is 1.